The summed E-state index contributed by atoms with van der Waals surface area (Å²) in [5.74, 6) is -0.0650. The molecular weight excluding hydrogens is 372 g/mol. The summed E-state index contributed by atoms with van der Waals surface area (Å²) in [7, 11) is 0. The predicted molar refractivity (Wildman–Crippen MR) is 109 cm³/mol. The average Bonchev–Trinajstić information content (AvgIpc) is 3.10. The number of hydrogen-bond donors (Lipinski definition) is 4. The third-order valence-electron chi connectivity index (χ3n) is 3.32. The highest BCUT2D eigenvalue weighted by atomic mass is 35.5. The summed E-state index contributed by atoms with van der Waals surface area (Å²) < 4.78 is 5.05. The zero-order valence-corrected chi connectivity index (χ0v) is 15.0. The molecule has 0 unspecified atom stereocenters. The molecule has 1 heterocycles. The monoisotopic (exact) mass is 386 g/mol. The Morgan fingerprint density at radius 1 is 0.962 bits per heavy atom. The van der Waals surface area contributed by atoms with Gasteiger partial charge in [-0.05, 0) is 66.8 Å². The maximum absolute atomic E-state index is 11.9. The van der Waals surface area contributed by atoms with Crippen molar-refractivity contribution in [3.63, 3.8) is 0 Å². The van der Waals surface area contributed by atoms with E-state index < -0.39 is 0 Å². The highest BCUT2D eigenvalue weighted by molar-refractivity contribution is 7.80. The van der Waals surface area contributed by atoms with E-state index in [-0.39, 0.29) is 11.7 Å². The Morgan fingerprint density at radius 2 is 1.62 bits per heavy atom. The smallest absolute Gasteiger partial charge is 0.291 e. The zero-order valence-electron chi connectivity index (χ0n) is 13.5. The van der Waals surface area contributed by atoms with Crippen LogP contribution in [0.2, 0.25) is 5.02 Å². The molecule has 0 aliphatic carbocycles. The molecule has 0 bridgehead atoms. The van der Waals surface area contributed by atoms with Gasteiger partial charge in [0.05, 0.1) is 6.26 Å². The van der Waals surface area contributed by atoms with Gasteiger partial charge in [-0.1, -0.05) is 11.6 Å². The van der Waals surface area contributed by atoms with Crippen molar-refractivity contribution < 1.29 is 9.21 Å². The minimum Gasteiger partial charge on any atom is -0.459 e. The number of nitrogens with two attached hydrogens (primary N) is 1. The predicted octanol–water partition coefficient (Wildman–Crippen LogP) is 4.58. The summed E-state index contributed by atoms with van der Waals surface area (Å²) >= 11 is 11.2. The van der Waals surface area contributed by atoms with Crippen molar-refractivity contribution in [1.82, 2.24) is 0 Å². The third kappa shape index (κ3) is 4.75. The second-order valence-corrected chi connectivity index (χ2v) is 6.21. The van der Waals surface area contributed by atoms with Crippen LogP contribution in [0.5, 0.6) is 0 Å². The summed E-state index contributed by atoms with van der Waals surface area (Å²) in [5, 5.41) is 9.70. The Kier molecular flexibility index (Phi) is 5.40. The number of hydrogen-bond acceptors (Lipinski definition) is 4. The van der Waals surface area contributed by atoms with E-state index in [1.165, 1.54) is 6.26 Å². The molecule has 0 spiro atoms. The van der Waals surface area contributed by atoms with Crippen molar-refractivity contribution in [3.05, 3.63) is 71.6 Å². The minimum atomic E-state index is -0.313. The number of anilines is 4. The number of thiocarbonyl (C=S) groups is 1. The lowest BCUT2D eigenvalue weighted by Crippen LogP contribution is -2.19. The molecule has 0 aliphatic heterocycles. The zero-order chi connectivity index (χ0) is 18.5. The van der Waals surface area contributed by atoms with E-state index in [9.17, 15) is 4.79 Å². The van der Waals surface area contributed by atoms with E-state index in [0.29, 0.717) is 27.2 Å². The average molecular weight is 387 g/mol. The van der Waals surface area contributed by atoms with Gasteiger partial charge in [0.15, 0.2) is 10.9 Å². The first-order valence-corrected chi connectivity index (χ1v) is 8.37. The Bertz CT molecular complexity index is 907. The fourth-order valence-electron chi connectivity index (χ4n) is 2.22. The van der Waals surface area contributed by atoms with Crippen molar-refractivity contribution >= 4 is 57.6 Å². The topological polar surface area (TPSA) is 92.3 Å². The van der Waals surface area contributed by atoms with Crippen LogP contribution in [0.15, 0.2) is 65.3 Å². The van der Waals surface area contributed by atoms with E-state index in [0.717, 1.165) is 5.69 Å². The summed E-state index contributed by atoms with van der Waals surface area (Å²) in [6.45, 7) is 0. The van der Waals surface area contributed by atoms with E-state index in [4.69, 9.17) is 34.0 Å². The van der Waals surface area contributed by atoms with Gasteiger partial charge in [0.2, 0.25) is 0 Å². The molecule has 1 aromatic heterocycles. The molecule has 2 aromatic carbocycles. The molecule has 26 heavy (non-hydrogen) atoms. The molecule has 0 aliphatic rings. The fourth-order valence-corrected chi connectivity index (χ4v) is 2.69. The number of halogens is 1. The molecule has 0 saturated carbocycles. The van der Waals surface area contributed by atoms with Crippen molar-refractivity contribution in [1.29, 1.82) is 0 Å². The molecule has 0 radical (unpaired) electrons. The van der Waals surface area contributed by atoms with Crippen LogP contribution in [0.3, 0.4) is 0 Å². The van der Waals surface area contributed by atoms with Crippen LogP contribution in [0.25, 0.3) is 0 Å². The molecule has 3 aromatic rings. The molecular formula is C18H15ClN4O2S. The Morgan fingerprint density at radius 3 is 2.23 bits per heavy atom. The third-order valence-corrected chi connectivity index (χ3v) is 3.75. The maximum atomic E-state index is 11.9. The highest BCUT2D eigenvalue weighted by Gasteiger charge is 2.08. The summed E-state index contributed by atoms with van der Waals surface area (Å²) in [5.41, 5.74) is 8.38. The van der Waals surface area contributed by atoms with Crippen LogP contribution in [0, 0.1) is 0 Å². The van der Waals surface area contributed by atoms with Crippen LogP contribution in [0.1, 0.15) is 10.6 Å². The molecule has 5 N–H and O–H groups in total. The van der Waals surface area contributed by atoms with Gasteiger partial charge in [-0.25, -0.2) is 0 Å². The molecule has 0 fully saturated rings. The molecule has 8 heteroatoms. The van der Waals surface area contributed by atoms with Crippen molar-refractivity contribution in [2.75, 3.05) is 21.7 Å². The largest absolute Gasteiger partial charge is 0.459 e. The minimum absolute atomic E-state index is 0.248. The molecule has 1 amide bonds. The second-order valence-electron chi connectivity index (χ2n) is 5.36. The summed E-state index contributed by atoms with van der Waals surface area (Å²) in [4.78, 5) is 11.9. The fraction of sp³-hybridized carbons (Fsp3) is 0. The molecule has 0 saturated heterocycles. The highest BCUT2D eigenvalue weighted by Crippen LogP contribution is 2.21. The second kappa shape index (κ2) is 7.90. The Hall–Kier alpha value is -3.03. The lowest BCUT2D eigenvalue weighted by Gasteiger charge is -2.12. The van der Waals surface area contributed by atoms with E-state index in [1.807, 2.05) is 0 Å². The van der Waals surface area contributed by atoms with Gasteiger partial charge in [-0.15, -0.1) is 0 Å². The van der Waals surface area contributed by atoms with Crippen LogP contribution < -0.4 is 21.7 Å². The van der Waals surface area contributed by atoms with Gasteiger partial charge in [0.25, 0.3) is 5.91 Å². The number of benzene rings is 2. The first-order chi connectivity index (χ1) is 12.5. The standard InChI is InChI=1S/C18H15ClN4O2S/c19-11-8-12(20)10-15(9-11)23-18(26)22-14-5-3-13(4-6-14)21-17(24)16-2-1-7-25-16/h1-10H,20H2,(H,21,24)(H2,22,23,26). The van der Waals surface area contributed by atoms with Crippen molar-refractivity contribution in [3.8, 4) is 0 Å². The van der Waals surface area contributed by atoms with Crippen molar-refractivity contribution in [2.45, 2.75) is 0 Å². The Balaban J connectivity index is 1.58. The number of carbonyl (C=O) groups is 1. The van der Waals surface area contributed by atoms with E-state index in [2.05, 4.69) is 16.0 Å². The van der Waals surface area contributed by atoms with Crippen LogP contribution in [-0.4, -0.2) is 11.0 Å². The number of nitrogen functional groups attached to an aromatic ring is 1. The first-order valence-electron chi connectivity index (χ1n) is 7.58. The number of nitrogens with one attached hydrogen (secondary N) is 3. The van der Waals surface area contributed by atoms with Gasteiger partial charge < -0.3 is 26.1 Å². The molecule has 0 atom stereocenters. The van der Waals surface area contributed by atoms with E-state index >= 15 is 0 Å². The molecule has 132 valence electrons. The normalized spacial score (nSPS) is 10.2. The quantitative estimate of drug-likeness (QED) is 0.387. The number of carbonyl (C=O) groups excluding carboxylic acids is 1. The lowest BCUT2D eigenvalue weighted by atomic mass is 10.2. The number of amides is 1. The van der Waals surface area contributed by atoms with Crippen LogP contribution in [0.4, 0.5) is 22.7 Å². The maximum Gasteiger partial charge on any atom is 0.291 e. The number of furan rings is 1. The van der Waals surface area contributed by atoms with Gasteiger partial charge in [-0.3, -0.25) is 4.79 Å². The van der Waals surface area contributed by atoms with Crippen molar-refractivity contribution in [2.24, 2.45) is 0 Å². The molecule has 3 rings (SSSR count). The van der Waals surface area contributed by atoms with Gasteiger partial charge >= 0.3 is 0 Å². The molecule has 6 nitrogen and oxygen atoms in total. The summed E-state index contributed by atoms with van der Waals surface area (Å²) in [6, 6.07) is 15.4. The first kappa shape index (κ1) is 17.8. The van der Waals surface area contributed by atoms with Crippen LogP contribution in [-0.2, 0) is 0 Å². The van der Waals surface area contributed by atoms with Gasteiger partial charge in [-0.2, -0.15) is 0 Å². The SMILES string of the molecule is Nc1cc(Cl)cc(NC(=S)Nc2ccc(NC(=O)c3ccco3)cc2)c1. The lowest BCUT2D eigenvalue weighted by molar-refractivity contribution is 0.0996. The Labute approximate surface area is 160 Å². The summed E-state index contributed by atoms with van der Waals surface area (Å²) in [6.07, 6.45) is 1.45. The van der Waals surface area contributed by atoms with Gasteiger partial charge in [0.1, 0.15) is 0 Å². The van der Waals surface area contributed by atoms with E-state index in [1.54, 1.807) is 54.6 Å². The number of rotatable bonds is 4. The van der Waals surface area contributed by atoms with Gasteiger partial charge in [0, 0.05) is 27.8 Å². The van der Waals surface area contributed by atoms with Crippen LogP contribution >= 0.6 is 23.8 Å².